The molecular formula is C13H22O5. The molecule has 0 atom stereocenters. The van der Waals surface area contributed by atoms with Gasteiger partial charge in [-0.1, -0.05) is 6.58 Å². The maximum Gasteiger partial charge on any atom is 0.337 e. The van der Waals surface area contributed by atoms with E-state index >= 15 is 0 Å². The second-order valence-electron chi connectivity index (χ2n) is 4.95. The highest BCUT2D eigenvalue weighted by atomic mass is 16.6. The normalized spacial score (nSPS) is 10.9. The summed E-state index contributed by atoms with van der Waals surface area (Å²) in [6, 6.07) is 0. The third-order valence-corrected chi connectivity index (χ3v) is 1.88. The number of unbranched alkanes of at least 4 members (excludes halogenated alkanes) is 1. The molecule has 0 rings (SSSR count). The smallest absolute Gasteiger partial charge is 0.337 e. The molecule has 0 aliphatic heterocycles. The molecule has 0 radical (unpaired) electrons. The molecule has 0 aromatic carbocycles. The molecule has 0 spiro atoms. The van der Waals surface area contributed by atoms with E-state index in [4.69, 9.17) is 14.6 Å². The SMILES string of the molecule is C=C(COC(=O)CCCCO)C(=O)OC(C)(C)C. The number of carbonyl (C=O) groups excluding carboxylic acids is 2. The first-order chi connectivity index (χ1) is 8.26. The molecule has 0 aromatic heterocycles. The second kappa shape index (κ2) is 7.87. The molecule has 104 valence electrons. The Morgan fingerprint density at radius 2 is 1.83 bits per heavy atom. The first kappa shape index (κ1) is 16.6. The fraction of sp³-hybridized carbons (Fsp3) is 0.692. The van der Waals surface area contributed by atoms with Crippen LogP contribution in [-0.2, 0) is 19.1 Å². The van der Waals surface area contributed by atoms with Crippen molar-refractivity contribution < 1.29 is 24.2 Å². The van der Waals surface area contributed by atoms with E-state index in [2.05, 4.69) is 6.58 Å². The lowest BCUT2D eigenvalue weighted by atomic mass is 10.2. The Morgan fingerprint density at radius 3 is 2.33 bits per heavy atom. The zero-order valence-corrected chi connectivity index (χ0v) is 11.3. The predicted octanol–water partition coefficient (Wildman–Crippen LogP) is 1.59. The maximum absolute atomic E-state index is 11.5. The van der Waals surface area contributed by atoms with Gasteiger partial charge < -0.3 is 14.6 Å². The lowest BCUT2D eigenvalue weighted by molar-refractivity contribution is -0.151. The van der Waals surface area contributed by atoms with Gasteiger partial charge in [0.2, 0.25) is 0 Å². The Kier molecular flexibility index (Phi) is 7.27. The molecule has 0 aromatic rings. The van der Waals surface area contributed by atoms with Gasteiger partial charge >= 0.3 is 11.9 Å². The van der Waals surface area contributed by atoms with Gasteiger partial charge in [-0.25, -0.2) is 4.79 Å². The Morgan fingerprint density at radius 1 is 1.22 bits per heavy atom. The minimum absolute atomic E-state index is 0.0535. The molecule has 1 N–H and O–H groups in total. The van der Waals surface area contributed by atoms with E-state index in [0.29, 0.717) is 12.8 Å². The summed E-state index contributed by atoms with van der Waals surface area (Å²) in [6.45, 7) is 8.66. The monoisotopic (exact) mass is 258 g/mol. The van der Waals surface area contributed by atoms with Crippen LogP contribution in [0.4, 0.5) is 0 Å². The minimum Gasteiger partial charge on any atom is -0.461 e. The average Bonchev–Trinajstić information content (AvgIpc) is 2.23. The highest BCUT2D eigenvalue weighted by Gasteiger charge is 2.19. The van der Waals surface area contributed by atoms with Crippen molar-refractivity contribution >= 4 is 11.9 Å². The fourth-order valence-corrected chi connectivity index (χ4v) is 1.03. The van der Waals surface area contributed by atoms with E-state index in [0.717, 1.165) is 0 Å². The standard InChI is InChI=1S/C13H22O5/c1-10(12(16)18-13(2,3)4)9-17-11(15)7-5-6-8-14/h14H,1,5-9H2,2-4H3. The Hall–Kier alpha value is -1.36. The molecule has 0 unspecified atom stereocenters. The van der Waals surface area contributed by atoms with E-state index < -0.39 is 17.5 Å². The number of esters is 2. The third-order valence-electron chi connectivity index (χ3n) is 1.88. The molecule has 0 heterocycles. The van der Waals surface area contributed by atoms with E-state index in [-0.39, 0.29) is 25.2 Å². The first-order valence-electron chi connectivity index (χ1n) is 5.94. The van der Waals surface area contributed by atoms with Crippen LogP contribution in [0.25, 0.3) is 0 Å². The van der Waals surface area contributed by atoms with Crippen LogP contribution in [0.15, 0.2) is 12.2 Å². The van der Waals surface area contributed by atoms with Gasteiger partial charge in [0.05, 0.1) is 5.57 Å². The van der Waals surface area contributed by atoms with E-state index in [1.165, 1.54) is 0 Å². The molecule has 0 amide bonds. The van der Waals surface area contributed by atoms with Crippen LogP contribution in [0, 0.1) is 0 Å². The number of ether oxygens (including phenoxy) is 2. The van der Waals surface area contributed by atoms with Gasteiger partial charge in [0.25, 0.3) is 0 Å². The third kappa shape index (κ3) is 8.75. The summed E-state index contributed by atoms with van der Waals surface area (Å²) in [5.41, 5.74) is -0.481. The zero-order valence-electron chi connectivity index (χ0n) is 11.3. The van der Waals surface area contributed by atoms with Crippen molar-refractivity contribution in [1.29, 1.82) is 0 Å². The molecular weight excluding hydrogens is 236 g/mol. The van der Waals surface area contributed by atoms with Crippen molar-refractivity contribution in [1.82, 2.24) is 0 Å². The number of aliphatic hydroxyl groups is 1. The predicted molar refractivity (Wildman–Crippen MR) is 66.9 cm³/mol. The van der Waals surface area contributed by atoms with Crippen molar-refractivity contribution in [3.63, 3.8) is 0 Å². The summed E-state index contributed by atoms with van der Waals surface area (Å²) in [5.74, 6) is -0.973. The molecule has 0 saturated heterocycles. The van der Waals surface area contributed by atoms with Gasteiger partial charge in [-0.15, -0.1) is 0 Å². The number of rotatable bonds is 7. The summed E-state index contributed by atoms with van der Waals surface area (Å²) < 4.78 is 9.93. The summed E-state index contributed by atoms with van der Waals surface area (Å²) in [4.78, 5) is 22.7. The van der Waals surface area contributed by atoms with Gasteiger partial charge in [0.1, 0.15) is 12.2 Å². The quantitative estimate of drug-likeness (QED) is 0.426. The van der Waals surface area contributed by atoms with Crippen molar-refractivity contribution in [3.8, 4) is 0 Å². The van der Waals surface area contributed by atoms with Crippen molar-refractivity contribution in [2.75, 3.05) is 13.2 Å². The molecule has 0 bridgehead atoms. The Bertz CT molecular complexity index is 301. The van der Waals surface area contributed by atoms with Crippen molar-refractivity contribution in [2.45, 2.75) is 45.6 Å². The summed E-state index contributed by atoms with van der Waals surface area (Å²) in [5, 5.41) is 8.55. The highest BCUT2D eigenvalue weighted by Crippen LogP contribution is 2.10. The van der Waals surface area contributed by atoms with Crippen LogP contribution < -0.4 is 0 Å². The molecule has 0 aliphatic carbocycles. The van der Waals surface area contributed by atoms with Gasteiger partial charge in [-0.05, 0) is 33.6 Å². The van der Waals surface area contributed by atoms with Gasteiger partial charge in [0, 0.05) is 13.0 Å². The summed E-state index contributed by atoms with van der Waals surface area (Å²) in [7, 11) is 0. The summed E-state index contributed by atoms with van der Waals surface area (Å²) in [6.07, 6.45) is 1.35. The van der Waals surface area contributed by atoms with Gasteiger partial charge in [0.15, 0.2) is 0 Å². The topological polar surface area (TPSA) is 72.8 Å². The molecule has 5 heteroatoms. The van der Waals surface area contributed by atoms with Crippen LogP contribution in [0.3, 0.4) is 0 Å². The lowest BCUT2D eigenvalue weighted by Crippen LogP contribution is -2.26. The maximum atomic E-state index is 11.5. The number of carbonyl (C=O) groups is 2. The van der Waals surface area contributed by atoms with Crippen LogP contribution in [0.2, 0.25) is 0 Å². The summed E-state index contributed by atoms with van der Waals surface area (Å²) >= 11 is 0. The van der Waals surface area contributed by atoms with Crippen LogP contribution in [-0.4, -0.2) is 35.9 Å². The number of aliphatic hydroxyl groups excluding tert-OH is 1. The van der Waals surface area contributed by atoms with E-state index in [9.17, 15) is 9.59 Å². The second-order valence-corrected chi connectivity index (χ2v) is 4.95. The number of hydrogen-bond acceptors (Lipinski definition) is 5. The molecule has 0 fully saturated rings. The van der Waals surface area contributed by atoms with Gasteiger partial charge in [-0.2, -0.15) is 0 Å². The molecule has 18 heavy (non-hydrogen) atoms. The lowest BCUT2D eigenvalue weighted by Gasteiger charge is -2.20. The minimum atomic E-state index is -0.592. The zero-order chi connectivity index (χ0) is 14.2. The van der Waals surface area contributed by atoms with Crippen LogP contribution >= 0.6 is 0 Å². The highest BCUT2D eigenvalue weighted by molar-refractivity contribution is 5.88. The van der Waals surface area contributed by atoms with Crippen LogP contribution in [0.5, 0.6) is 0 Å². The fourth-order valence-electron chi connectivity index (χ4n) is 1.03. The van der Waals surface area contributed by atoms with Crippen molar-refractivity contribution in [2.24, 2.45) is 0 Å². The first-order valence-corrected chi connectivity index (χ1v) is 5.94. The molecule has 0 aliphatic rings. The largest absolute Gasteiger partial charge is 0.461 e. The van der Waals surface area contributed by atoms with Crippen LogP contribution in [0.1, 0.15) is 40.0 Å². The average molecular weight is 258 g/mol. The Balaban J connectivity index is 3.89. The molecule has 0 saturated carbocycles. The van der Waals surface area contributed by atoms with Crippen molar-refractivity contribution in [3.05, 3.63) is 12.2 Å². The van der Waals surface area contributed by atoms with E-state index in [1.807, 2.05) is 0 Å². The molecule has 5 nitrogen and oxygen atoms in total. The number of hydrogen-bond donors (Lipinski definition) is 1. The van der Waals surface area contributed by atoms with E-state index in [1.54, 1.807) is 20.8 Å². The van der Waals surface area contributed by atoms with Gasteiger partial charge in [-0.3, -0.25) is 4.79 Å². The Labute approximate surface area is 108 Å².